The average Bonchev–Trinajstić information content (AvgIpc) is 3.60. The zero-order valence-corrected chi connectivity index (χ0v) is 20.3. The fourth-order valence-corrected chi connectivity index (χ4v) is 5.25. The van der Waals surface area contributed by atoms with Gasteiger partial charge in [-0.15, -0.1) is 0 Å². The van der Waals surface area contributed by atoms with E-state index in [1.165, 1.54) is 24.7 Å². The topological polar surface area (TPSA) is 85.7 Å². The first kappa shape index (κ1) is 19.7. The molecule has 4 aromatic rings. The SMILES string of the molecule is [2H]C([2H])([2H])n1cc(-c2cc(-c3ccc(N4CCN(C5CN(C(=O)C=C)C5)CC4)cc3)c3c(C#N)cnn3c2)cn1. The molecular weight excluding hydrogens is 464 g/mol. The van der Waals surface area contributed by atoms with Crippen molar-refractivity contribution in [1.29, 1.82) is 5.26 Å². The largest absolute Gasteiger partial charge is 0.369 e. The number of carbonyl (C=O) groups excluding carboxylic acids is 1. The molecule has 0 N–H and O–H groups in total. The molecule has 0 atom stereocenters. The van der Waals surface area contributed by atoms with E-state index in [-0.39, 0.29) is 5.91 Å². The predicted octanol–water partition coefficient (Wildman–Crippen LogP) is 2.79. The van der Waals surface area contributed by atoms with Crippen molar-refractivity contribution in [3.05, 3.63) is 73.3 Å². The Morgan fingerprint density at radius 1 is 1.08 bits per heavy atom. The molecule has 2 aliphatic rings. The van der Waals surface area contributed by atoms with E-state index in [0.29, 0.717) is 22.7 Å². The number of hydrogen-bond donors (Lipinski definition) is 0. The van der Waals surface area contributed by atoms with E-state index in [1.807, 2.05) is 23.1 Å². The Kier molecular flexibility index (Phi) is 4.92. The van der Waals surface area contributed by atoms with Gasteiger partial charge in [0.1, 0.15) is 6.07 Å². The van der Waals surface area contributed by atoms with E-state index >= 15 is 0 Å². The number of aromatic nitrogens is 4. The molecule has 0 aliphatic carbocycles. The smallest absolute Gasteiger partial charge is 0.246 e. The number of carbonyl (C=O) groups is 1. The Morgan fingerprint density at radius 3 is 2.54 bits per heavy atom. The number of amides is 1. The second-order valence-electron chi connectivity index (χ2n) is 9.45. The summed E-state index contributed by atoms with van der Waals surface area (Å²) in [5.74, 6) is 0.00119. The zero-order chi connectivity index (χ0) is 28.0. The number of pyridine rings is 1. The highest BCUT2D eigenvalue weighted by molar-refractivity contribution is 5.88. The van der Waals surface area contributed by atoms with Gasteiger partial charge < -0.3 is 9.80 Å². The van der Waals surface area contributed by atoms with Crippen LogP contribution in [0.15, 0.2) is 67.8 Å². The van der Waals surface area contributed by atoms with E-state index in [2.05, 4.69) is 44.8 Å². The molecule has 37 heavy (non-hydrogen) atoms. The normalized spacial score (nSPS) is 18.1. The van der Waals surface area contributed by atoms with Gasteiger partial charge in [0.15, 0.2) is 0 Å². The lowest BCUT2D eigenvalue weighted by atomic mass is 9.99. The highest BCUT2D eigenvalue weighted by Crippen LogP contribution is 2.33. The number of nitriles is 1. The standard InChI is InChI=1S/C28H28N8O/c1-3-27(37)35-18-25(19-35)34-10-8-33(9-11-34)24-6-4-20(5-7-24)26-12-21(23-15-30-32(2)16-23)17-36-28(26)22(13-29)14-31-36/h3-7,12,14-17,25H,1,8-11,18-19H2,2H3/i2D3. The predicted molar refractivity (Wildman–Crippen MR) is 142 cm³/mol. The van der Waals surface area contributed by atoms with E-state index < -0.39 is 6.98 Å². The molecule has 5 heterocycles. The molecule has 2 fully saturated rings. The summed E-state index contributed by atoms with van der Waals surface area (Å²) in [4.78, 5) is 18.4. The third-order valence-electron chi connectivity index (χ3n) is 7.37. The highest BCUT2D eigenvalue weighted by atomic mass is 16.2. The number of nitrogens with zero attached hydrogens (tertiary/aromatic N) is 8. The van der Waals surface area contributed by atoms with E-state index in [0.717, 1.165) is 66.3 Å². The number of aryl methyl sites for hydroxylation is 1. The molecule has 2 saturated heterocycles. The van der Waals surface area contributed by atoms with Crippen LogP contribution in [-0.2, 0) is 11.8 Å². The van der Waals surface area contributed by atoms with Crippen LogP contribution in [0.3, 0.4) is 0 Å². The summed E-state index contributed by atoms with van der Waals surface area (Å²) in [6.07, 6.45) is 7.71. The van der Waals surface area contributed by atoms with Gasteiger partial charge in [-0.2, -0.15) is 15.5 Å². The number of piperazine rings is 1. The first-order chi connectivity index (χ1) is 19.2. The molecule has 186 valence electrons. The Hall–Kier alpha value is -4.42. The summed E-state index contributed by atoms with van der Waals surface area (Å²) in [5, 5.41) is 18.1. The minimum atomic E-state index is -2.37. The molecule has 0 spiro atoms. The minimum absolute atomic E-state index is 0.00119. The van der Waals surface area contributed by atoms with Crippen LogP contribution in [0.5, 0.6) is 0 Å². The van der Waals surface area contributed by atoms with Gasteiger partial charge in [-0.3, -0.25) is 14.4 Å². The highest BCUT2D eigenvalue weighted by Gasteiger charge is 2.35. The molecule has 6 rings (SSSR count). The van der Waals surface area contributed by atoms with Crippen LogP contribution < -0.4 is 4.90 Å². The molecule has 3 aromatic heterocycles. The summed E-state index contributed by atoms with van der Waals surface area (Å²) < 4.78 is 25.5. The fraction of sp³-hybridized carbons (Fsp3) is 0.286. The Balaban J connectivity index is 1.22. The van der Waals surface area contributed by atoms with Crippen LogP contribution in [0, 0.1) is 11.3 Å². The third kappa shape index (κ3) is 4.15. The average molecular weight is 496 g/mol. The van der Waals surface area contributed by atoms with Crippen molar-refractivity contribution >= 4 is 17.1 Å². The number of likely N-dealkylation sites (tertiary alicyclic amines) is 1. The lowest BCUT2D eigenvalue weighted by Gasteiger charge is -2.48. The maximum atomic E-state index is 11.7. The Labute approximate surface area is 219 Å². The molecular formula is C28H28N8O. The number of rotatable bonds is 5. The second kappa shape index (κ2) is 9.22. The lowest BCUT2D eigenvalue weighted by molar-refractivity contribution is -0.133. The van der Waals surface area contributed by atoms with Gasteiger partial charge in [-0.1, -0.05) is 18.7 Å². The van der Waals surface area contributed by atoms with Crippen LogP contribution in [-0.4, -0.2) is 80.4 Å². The molecule has 1 aromatic carbocycles. The van der Waals surface area contributed by atoms with Crippen molar-refractivity contribution < 1.29 is 8.91 Å². The van der Waals surface area contributed by atoms with Crippen LogP contribution in [0.4, 0.5) is 5.69 Å². The fourth-order valence-electron chi connectivity index (χ4n) is 5.25. The van der Waals surface area contributed by atoms with Gasteiger partial charge in [0.2, 0.25) is 5.91 Å². The summed E-state index contributed by atoms with van der Waals surface area (Å²) >= 11 is 0. The van der Waals surface area contributed by atoms with Crippen molar-refractivity contribution in [3.8, 4) is 28.3 Å². The van der Waals surface area contributed by atoms with Crippen LogP contribution in [0.25, 0.3) is 27.8 Å². The van der Waals surface area contributed by atoms with Gasteiger partial charge in [0, 0.05) is 91.2 Å². The molecule has 9 nitrogen and oxygen atoms in total. The van der Waals surface area contributed by atoms with Gasteiger partial charge in [0.05, 0.1) is 23.5 Å². The molecule has 0 saturated carbocycles. The summed E-state index contributed by atoms with van der Waals surface area (Å²) in [7, 11) is 0. The quantitative estimate of drug-likeness (QED) is 0.396. The number of hydrogen-bond acceptors (Lipinski definition) is 6. The van der Waals surface area contributed by atoms with Crippen LogP contribution >= 0.6 is 0 Å². The van der Waals surface area contributed by atoms with Crippen molar-refractivity contribution in [1.82, 2.24) is 29.2 Å². The first-order valence-electron chi connectivity index (χ1n) is 13.7. The van der Waals surface area contributed by atoms with Crippen molar-refractivity contribution in [2.45, 2.75) is 6.04 Å². The molecule has 9 heteroatoms. The maximum Gasteiger partial charge on any atom is 0.246 e. The van der Waals surface area contributed by atoms with Crippen molar-refractivity contribution in [2.75, 3.05) is 44.2 Å². The lowest BCUT2D eigenvalue weighted by Crippen LogP contribution is -2.64. The summed E-state index contributed by atoms with van der Waals surface area (Å²) in [5.41, 5.74) is 5.43. The van der Waals surface area contributed by atoms with Crippen LogP contribution in [0.1, 0.15) is 9.68 Å². The number of benzene rings is 1. The molecule has 2 aliphatic heterocycles. The molecule has 1 amide bonds. The third-order valence-corrected chi connectivity index (χ3v) is 7.37. The molecule has 0 radical (unpaired) electrons. The van der Waals surface area contributed by atoms with Crippen molar-refractivity contribution in [3.63, 3.8) is 0 Å². The van der Waals surface area contributed by atoms with Gasteiger partial charge in [-0.25, -0.2) is 4.52 Å². The van der Waals surface area contributed by atoms with Crippen molar-refractivity contribution in [2.24, 2.45) is 6.98 Å². The Bertz CT molecular complexity index is 1620. The molecule has 0 unspecified atom stereocenters. The summed E-state index contributed by atoms with van der Waals surface area (Å²) in [6, 6.07) is 12.9. The van der Waals surface area contributed by atoms with Crippen LogP contribution in [0.2, 0.25) is 0 Å². The van der Waals surface area contributed by atoms with E-state index in [4.69, 9.17) is 4.11 Å². The Morgan fingerprint density at radius 2 is 1.86 bits per heavy atom. The monoisotopic (exact) mass is 495 g/mol. The van der Waals surface area contributed by atoms with Gasteiger partial charge in [0.25, 0.3) is 0 Å². The number of anilines is 1. The summed E-state index contributed by atoms with van der Waals surface area (Å²) in [6.45, 7) is 6.42. The van der Waals surface area contributed by atoms with Gasteiger partial charge in [-0.05, 0) is 29.8 Å². The molecule has 0 bridgehead atoms. The number of fused-ring (bicyclic) bond motifs is 1. The first-order valence-corrected chi connectivity index (χ1v) is 12.2. The zero-order valence-electron chi connectivity index (χ0n) is 23.3. The second-order valence-corrected chi connectivity index (χ2v) is 9.45. The maximum absolute atomic E-state index is 11.7. The van der Waals surface area contributed by atoms with E-state index in [1.54, 1.807) is 10.7 Å². The minimum Gasteiger partial charge on any atom is -0.369 e. The van der Waals surface area contributed by atoms with Gasteiger partial charge >= 0.3 is 0 Å². The van der Waals surface area contributed by atoms with E-state index in [9.17, 15) is 10.1 Å².